The lowest BCUT2D eigenvalue weighted by atomic mass is 10.0. The smallest absolute Gasteiger partial charge is 0.306 e. The van der Waals surface area contributed by atoms with Crippen LogP contribution in [0.1, 0.15) is 290 Å². The van der Waals surface area contributed by atoms with Crippen molar-refractivity contribution in [1.29, 1.82) is 0 Å². The van der Waals surface area contributed by atoms with Crippen LogP contribution < -0.4 is 0 Å². The van der Waals surface area contributed by atoms with Gasteiger partial charge in [0.15, 0.2) is 6.10 Å². The summed E-state index contributed by atoms with van der Waals surface area (Å²) in [5.74, 6) is -0.943. The highest BCUT2D eigenvalue weighted by Gasteiger charge is 2.19. The van der Waals surface area contributed by atoms with E-state index < -0.39 is 6.10 Å². The molecule has 0 amide bonds. The summed E-state index contributed by atoms with van der Waals surface area (Å²) >= 11 is 0. The highest BCUT2D eigenvalue weighted by atomic mass is 16.6. The number of carbonyl (C=O) groups is 3. The molecule has 0 aromatic heterocycles. The van der Waals surface area contributed by atoms with Gasteiger partial charge in [0.05, 0.1) is 0 Å². The molecule has 0 saturated heterocycles. The standard InChI is InChI=1S/C65H112O6/c1-4-7-10-13-15-17-19-21-23-24-25-26-27-28-29-30-31-32-33-34-35-36-37-38-39-40-42-43-45-47-49-52-55-58-64(67)70-61-62(60-69-63(66)57-54-51-12-9-6-3)71-65(68)59-56-53-50-48-46-44-41-22-20-18-16-14-11-8-5-2/h8,11,16,18-19,21-22,24-25,27-28,41,46,48,62H,4-7,9-10,12-15,17,20,23,26,29-40,42-45,47,49-61H2,1-3H3/b11-8-,18-16-,21-19-,25-24-,28-27-,41-22-,48-46-. The molecule has 0 fully saturated rings. The van der Waals surface area contributed by atoms with Crippen molar-refractivity contribution in [3.63, 3.8) is 0 Å². The highest BCUT2D eigenvalue weighted by molar-refractivity contribution is 5.71. The van der Waals surface area contributed by atoms with Crippen molar-refractivity contribution in [2.24, 2.45) is 0 Å². The second-order valence-corrected chi connectivity index (χ2v) is 19.9. The van der Waals surface area contributed by atoms with Crippen molar-refractivity contribution in [3.05, 3.63) is 85.1 Å². The predicted molar refractivity (Wildman–Crippen MR) is 307 cm³/mol. The Kier molecular flexibility index (Phi) is 56.3. The second kappa shape index (κ2) is 59.2. The van der Waals surface area contributed by atoms with Gasteiger partial charge in [-0.25, -0.2) is 0 Å². The van der Waals surface area contributed by atoms with Crippen LogP contribution in [0.15, 0.2) is 85.1 Å². The van der Waals surface area contributed by atoms with Crippen LogP contribution in [0.3, 0.4) is 0 Å². The van der Waals surface area contributed by atoms with Crippen molar-refractivity contribution in [2.75, 3.05) is 13.2 Å². The van der Waals surface area contributed by atoms with Crippen LogP contribution in [-0.4, -0.2) is 37.2 Å². The average Bonchev–Trinajstić information content (AvgIpc) is 3.37. The normalized spacial score (nSPS) is 12.7. The molecule has 0 rings (SSSR count). The summed E-state index contributed by atoms with van der Waals surface area (Å²) in [4.78, 5) is 37.7. The second-order valence-electron chi connectivity index (χ2n) is 19.9. The van der Waals surface area contributed by atoms with E-state index >= 15 is 0 Å². The summed E-state index contributed by atoms with van der Waals surface area (Å²) in [6.45, 7) is 6.40. The molecule has 0 aromatic carbocycles. The molecule has 6 nitrogen and oxygen atoms in total. The molecule has 0 heterocycles. The van der Waals surface area contributed by atoms with Gasteiger partial charge in [0.1, 0.15) is 13.2 Å². The molecule has 0 radical (unpaired) electrons. The number of ether oxygens (including phenoxy) is 3. The molecule has 0 spiro atoms. The lowest BCUT2D eigenvalue weighted by Gasteiger charge is -2.18. The first-order valence-corrected chi connectivity index (χ1v) is 30.1. The lowest BCUT2D eigenvalue weighted by molar-refractivity contribution is -0.167. The van der Waals surface area contributed by atoms with Gasteiger partial charge in [-0.05, 0) is 96.3 Å². The number of hydrogen-bond acceptors (Lipinski definition) is 6. The number of esters is 3. The first kappa shape index (κ1) is 67.6. The minimum absolute atomic E-state index is 0.0914. The Morgan fingerprint density at radius 1 is 0.296 bits per heavy atom. The maximum atomic E-state index is 12.7. The summed E-state index contributed by atoms with van der Waals surface area (Å²) in [7, 11) is 0. The van der Waals surface area contributed by atoms with Crippen molar-refractivity contribution in [3.8, 4) is 0 Å². The fraction of sp³-hybridized carbons (Fsp3) is 0.738. The van der Waals surface area contributed by atoms with Gasteiger partial charge in [0, 0.05) is 19.3 Å². The molecule has 0 aliphatic rings. The molecule has 1 atom stereocenters. The SMILES string of the molecule is CC/C=C\C/C=C\C/C=C\C/C=C\CCCCC(=O)OC(COC(=O)CCCCCCC)COC(=O)CCCCCCCCCCCCCCCCCCCC/C=C\C/C=C\C/C=C\CCCCCCC. The van der Waals surface area contributed by atoms with E-state index in [9.17, 15) is 14.4 Å². The molecular weight excluding hydrogens is 877 g/mol. The summed E-state index contributed by atoms with van der Waals surface area (Å²) < 4.78 is 16.7. The van der Waals surface area contributed by atoms with E-state index in [1.54, 1.807) is 0 Å². The van der Waals surface area contributed by atoms with Gasteiger partial charge in [0.25, 0.3) is 0 Å². The summed E-state index contributed by atoms with van der Waals surface area (Å²) in [6, 6.07) is 0. The molecule has 71 heavy (non-hydrogen) atoms. The maximum Gasteiger partial charge on any atom is 0.306 e. The van der Waals surface area contributed by atoms with Crippen molar-refractivity contribution < 1.29 is 28.6 Å². The first-order chi connectivity index (χ1) is 35.0. The van der Waals surface area contributed by atoms with Gasteiger partial charge >= 0.3 is 17.9 Å². The molecule has 0 aliphatic carbocycles. The Bertz CT molecular complexity index is 1370. The van der Waals surface area contributed by atoms with Gasteiger partial charge < -0.3 is 14.2 Å². The quantitative estimate of drug-likeness (QED) is 0.0261. The van der Waals surface area contributed by atoms with Crippen LogP contribution in [0.25, 0.3) is 0 Å². The molecule has 0 aromatic rings. The molecule has 1 unspecified atom stereocenters. The van der Waals surface area contributed by atoms with Crippen molar-refractivity contribution >= 4 is 17.9 Å². The van der Waals surface area contributed by atoms with Crippen LogP contribution in [0.2, 0.25) is 0 Å². The van der Waals surface area contributed by atoms with Gasteiger partial charge in [-0.15, -0.1) is 0 Å². The third-order valence-corrected chi connectivity index (χ3v) is 12.9. The molecule has 0 bridgehead atoms. The van der Waals surface area contributed by atoms with E-state index in [1.165, 1.54) is 148 Å². The van der Waals surface area contributed by atoms with Crippen LogP contribution in [0.5, 0.6) is 0 Å². The zero-order chi connectivity index (χ0) is 51.4. The van der Waals surface area contributed by atoms with Crippen LogP contribution in [0.4, 0.5) is 0 Å². The maximum absolute atomic E-state index is 12.7. The Hall–Kier alpha value is -3.41. The number of rotatable bonds is 54. The third-order valence-electron chi connectivity index (χ3n) is 12.9. The molecular formula is C65H112O6. The topological polar surface area (TPSA) is 78.9 Å². The fourth-order valence-electron chi connectivity index (χ4n) is 8.38. The fourth-order valence-corrected chi connectivity index (χ4v) is 8.38. The van der Waals surface area contributed by atoms with Crippen LogP contribution in [-0.2, 0) is 28.6 Å². The number of hydrogen-bond donors (Lipinski definition) is 0. The van der Waals surface area contributed by atoms with Crippen LogP contribution in [0, 0.1) is 0 Å². The zero-order valence-electron chi connectivity index (χ0n) is 46.7. The Morgan fingerprint density at radius 3 is 0.887 bits per heavy atom. The Morgan fingerprint density at radius 2 is 0.549 bits per heavy atom. The number of unbranched alkanes of at least 4 members (excludes halogenated alkanes) is 29. The summed E-state index contributed by atoms with van der Waals surface area (Å²) in [5.41, 5.74) is 0. The minimum Gasteiger partial charge on any atom is -0.462 e. The zero-order valence-corrected chi connectivity index (χ0v) is 46.7. The molecule has 0 aliphatic heterocycles. The molecule has 6 heteroatoms. The summed E-state index contributed by atoms with van der Waals surface area (Å²) in [5, 5.41) is 0. The van der Waals surface area contributed by atoms with Gasteiger partial charge in [-0.3, -0.25) is 14.4 Å². The van der Waals surface area contributed by atoms with Crippen molar-refractivity contribution in [1.82, 2.24) is 0 Å². The minimum atomic E-state index is -0.793. The van der Waals surface area contributed by atoms with Crippen molar-refractivity contribution in [2.45, 2.75) is 297 Å². The molecule has 0 saturated carbocycles. The number of allylic oxidation sites excluding steroid dienone is 14. The van der Waals surface area contributed by atoms with E-state index in [-0.39, 0.29) is 37.5 Å². The van der Waals surface area contributed by atoms with Gasteiger partial charge in [-0.1, -0.05) is 260 Å². The van der Waals surface area contributed by atoms with E-state index in [0.29, 0.717) is 19.3 Å². The van der Waals surface area contributed by atoms with E-state index in [1.807, 2.05) is 0 Å². The Labute approximate surface area is 439 Å². The van der Waals surface area contributed by atoms with Gasteiger partial charge in [0.2, 0.25) is 0 Å². The first-order valence-electron chi connectivity index (χ1n) is 30.1. The lowest BCUT2D eigenvalue weighted by Crippen LogP contribution is -2.30. The molecule has 408 valence electrons. The average molecular weight is 990 g/mol. The predicted octanol–water partition coefficient (Wildman–Crippen LogP) is 20.3. The number of carbonyl (C=O) groups excluding carboxylic acids is 3. The Balaban J connectivity index is 3.96. The molecule has 0 N–H and O–H groups in total. The summed E-state index contributed by atoms with van der Waals surface area (Å²) in [6.07, 6.45) is 78.0. The van der Waals surface area contributed by atoms with E-state index in [4.69, 9.17) is 14.2 Å². The highest BCUT2D eigenvalue weighted by Crippen LogP contribution is 2.16. The van der Waals surface area contributed by atoms with E-state index in [0.717, 1.165) is 96.3 Å². The largest absolute Gasteiger partial charge is 0.462 e. The van der Waals surface area contributed by atoms with Gasteiger partial charge in [-0.2, -0.15) is 0 Å². The monoisotopic (exact) mass is 989 g/mol. The third kappa shape index (κ3) is 57.4. The van der Waals surface area contributed by atoms with Crippen LogP contribution >= 0.6 is 0 Å². The van der Waals surface area contributed by atoms with E-state index in [2.05, 4.69) is 106 Å².